The first-order chi connectivity index (χ1) is 11.1. The fraction of sp³-hybridized carbons (Fsp3) is 0.200. The molecule has 2 rings (SSSR count). The lowest BCUT2D eigenvalue weighted by atomic mass is 9.99. The molecule has 0 fully saturated rings. The summed E-state index contributed by atoms with van der Waals surface area (Å²) in [6.07, 6.45) is -5.60. The largest absolute Gasteiger partial charge is 0.497 e. The molecule has 0 aromatic heterocycles. The van der Waals surface area contributed by atoms with Gasteiger partial charge in [0.25, 0.3) is 0 Å². The van der Waals surface area contributed by atoms with Gasteiger partial charge < -0.3 is 9.47 Å². The second-order valence-corrected chi connectivity index (χ2v) is 4.57. The standard InChI is InChI=1S/C15H9F7O2/c1-23-6-3-4-7(8(5-6)24-2)9-11(16)13(18)10(15(20,21)22)14(19)12(9)17/h3-5H,1-2H3. The Morgan fingerprint density at radius 3 is 1.75 bits per heavy atom. The van der Waals surface area contributed by atoms with E-state index in [1.165, 1.54) is 13.2 Å². The lowest BCUT2D eigenvalue weighted by Gasteiger charge is -2.16. The fourth-order valence-corrected chi connectivity index (χ4v) is 2.12. The van der Waals surface area contributed by atoms with Crippen LogP contribution in [0, 0.1) is 23.3 Å². The van der Waals surface area contributed by atoms with Crippen molar-refractivity contribution >= 4 is 0 Å². The zero-order valence-corrected chi connectivity index (χ0v) is 12.2. The Morgan fingerprint density at radius 2 is 1.33 bits per heavy atom. The lowest BCUT2D eigenvalue weighted by molar-refractivity contribution is -0.143. The van der Waals surface area contributed by atoms with Crippen molar-refractivity contribution in [1.82, 2.24) is 0 Å². The number of alkyl halides is 3. The number of rotatable bonds is 3. The van der Waals surface area contributed by atoms with E-state index in [1.54, 1.807) is 0 Å². The number of ether oxygens (including phenoxy) is 2. The zero-order valence-electron chi connectivity index (χ0n) is 12.2. The quantitative estimate of drug-likeness (QED) is 0.574. The van der Waals surface area contributed by atoms with Crippen LogP contribution < -0.4 is 9.47 Å². The van der Waals surface area contributed by atoms with E-state index in [0.29, 0.717) is 0 Å². The first kappa shape index (κ1) is 17.9. The third-order valence-electron chi connectivity index (χ3n) is 3.22. The summed E-state index contributed by atoms with van der Waals surface area (Å²) in [6, 6.07) is 3.36. The van der Waals surface area contributed by atoms with Crippen molar-refractivity contribution in [3.8, 4) is 22.6 Å². The average molecular weight is 354 g/mol. The molecule has 0 heterocycles. The van der Waals surface area contributed by atoms with Gasteiger partial charge in [0.15, 0.2) is 23.3 Å². The topological polar surface area (TPSA) is 18.5 Å². The smallest absolute Gasteiger partial charge is 0.422 e. The maximum Gasteiger partial charge on any atom is 0.422 e. The van der Waals surface area contributed by atoms with Crippen molar-refractivity contribution in [2.45, 2.75) is 6.18 Å². The minimum atomic E-state index is -5.60. The molecule has 130 valence electrons. The van der Waals surface area contributed by atoms with Gasteiger partial charge in [-0.1, -0.05) is 0 Å². The van der Waals surface area contributed by atoms with Gasteiger partial charge in [0.05, 0.1) is 19.8 Å². The average Bonchev–Trinajstić information content (AvgIpc) is 2.52. The Labute approximate surface area is 131 Å². The van der Waals surface area contributed by atoms with E-state index in [9.17, 15) is 30.7 Å². The summed E-state index contributed by atoms with van der Waals surface area (Å²) in [7, 11) is 2.39. The van der Waals surface area contributed by atoms with Gasteiger partial charge in [-0.05, 0) is 12.1 Å². The summed E-state index contributed by atoms with van der Waals surface area (Å²) >= 11 is 0. The van der Waals surface area contributed by atoms with Crippen molar-refractivity contribution in [2.24, 2.45) is 0 Å². The zero-order chi connectivity index (χ0) is 18.2. The van der Waals surface area contributed by atoms with Gasteiger partial charge in [-0.25, -0.2) is 17.6 Å². The third kappa shape index (κ3) is 2.85. The summed E-state index contributed by atoms with van der Waals surface area (Å²) < 4.78 is 103. The second kappa shape index (κ2) is 6.21. The van der Waals surface area contributed by atoms with Crippen LogP contribution in [0.1, 0.15) is 5.56 Å². The molecule has 0 amide bonds. The minimum Gasteiger partial charge on any atom is -0.497 e. The molecule has 9 heteroatoms. The SMILES string of the molecule is COc1ccc(-c2c(F)c(F)c(C(F)(F)F)c(F)c2F)c(OC)c1. The van der Waals surface area contributed by atoms with E-state index in [2.05, 4.69) is 0 Å². The molecule has 0 N–H and O–H groups in total. The monoisotopic (exact) mass is 354 g/mol. The molecule has 2 aromatic rings. The Kier molecular flexibility index (Phi) is 4.63. The summed E-state index contributed by atoms with van der Waals surface area (Å²) in [6.45, 7) is 0. The number of benzene rings is 2. The van der Waals surface area contributed by atoms with Gasteiger partial charge in [0.1, 0.15) is 17.1 Å². The minimum absolute atomic E-state index is 0.198. The summed E-state index contributed by atoms with van der Waals surface area (Å²) in [5.41, 5.74) is -4.41. The van der Waals surface area contributed by atoms with Gasteiger partial charge in [0.2, 0.25) is 0 Å². The Bertz CT molecular complexity index is 755. The van der Waals surface area contributed by atoms with E-state index < -0.39 is 46.1 Å². The first-order valence-electron chi connectivity index (χ1n) is 6.29. The van der Waals surface area contributed by atoms with Crippen molar-refractivity contribution < 1.29 is 40.2 Å². The maximum atomic E-state index is 14.0. The van der Waals surface area contributed by atoms with Crippen LogP contribution >= 0.6 is 0 Å². The highest BCUT2D eigenvalue weighted by Crippen LogP contribution is 2.42. The van der Waals surface area contributed by atoms with Gasteiger partial charge in [-0.2, -0.15) is 13.2 Å². The Balaban J connectivity index is 2.83. The van der Waals surface area contributed by atoms with Crippen LogP contribution in [0.4, 0.5) is 30.7 Å². The van der Waals surface area contributed by atoms with Crippen LogP contribution in [0.25, 0.3) is 11.1 Å². The predicted octanol–water partition coefficient (Wildman–Crippen LogP) is 4.95. The van der Waals surface area contributed by atoms with Gasteiger partial charge in [-0.15, -0.1) is 0 Å². The van der Waals surface area contributed by atoms with E-state index in [1.807, 2.05) is 0 Å². The molecule has 24 heavy (non-hydrogen) atoms. The van der Waals surface area contributed by atoms with Crippen LogP contribution in [0.5, 0.6) is 11.5 Å². The highest BCUT2D eigenvalue weighted by Gasteiger charge is 2.42. The molecule has 0 aliphatic carbocycles. The normalized spacial score (nSPS) is 11.5. The van der Waals surface area contributed by atoms with E-state index in [-0.39, 0.29) is 11.5 Å². The molecular formula is C15H9F7O2. The number of halogens is 7. The van der Waals surface area contributed by atoms with Crippen LogP contribution in [-0.2, 0) is 6.18 Å². The molecule has 0 saturated carbocycles. The highest BCUT2D eigenvalue weighted by molar-refractivity contribution is 5.73. The Hall–Kier alpha value is -2.45. The molecule has 0 radical (unpaired) electrons. The molecular weight excluding hydrogens is 345 g/mol. The molecule has 2 aromatic carbocycles. The molecule has 0 saturated heterocycles. The summed E-state index contributed by atoms with van der Waals surface area (Å²) in [5, 5.41) is 0. The highest BCUT2D eigenvalue weighted by atomic mass is 19.4. The third-order valence-corrected chi connectivity index (χ3v) is 3.22. The number of methoxy groups -OCH3 is 2. The van der Waals surface area contributed by atoms with Crippen LogP contribution in [-0.4, -0.2) is 14.2 Å². The van der Waals surface area contributed by atoms with Crippen molar-refractivity contribution in [1.29, 1.82) is 0 Å². The van der Waals surface area contributed by atoms with Crippen molar-refractivity contribution in [3.63, 3.8) is 0 Å². The molecule has 0 atom stereocenters. The molecule has 0 unspecified atom stereocenters. The van der Waals surface area contributed by atoms with Gasteiger partial charge >= 0.3 is 6.18 Å². The van der Waals surface area contributed by atoms with Gasteiger partial charge in [0, 0.05) is 11.6 Å². The van der Waals surface area contributed by atoms with E-state index in [0.717, 1.165) is 19.2 Å². The fourth-order valence-electron chi connectivity index (χ4n) is 2.12. The predicted molar refractivity (Wildman–Crippen MR) is 69.8 cm³/mol. The van der Waals surface area contributed by atoms with Crippen molar-refractivity contribution in [3.05, 3.63) is 47.0 Å². The molecule has 0 bridgehead atoms. The Morgan fingerprint density at radius 1 is 0.792 bits per heavy atom. The summed E-state index contributed by atoms with van der Waals surface area (Å²) in [5.74, 6) is -9.46. The van der Waals surface area contributed by atoms with Crippen LogP contribution in [0.2, 0.25) is 0 Å². The van der Waals surface area contributed by atoms with Gasteiger partial charge in [-0.3, -0.25) is 0 Å². The van der Waals surface area contributed by atoms with Crippen LogP contribution in [0.15, 0.2) is 18.2 Å². The lowest BCUT2D eigenvalue weighted by Crippen LogP contribution is -2.16. The summed E-state index contributed by atoms with van der Waals surface area (Å²) in [4.78, 5) is 0. The number of hydrogen-bond acceptors (Lipinski definition) is 2. The number of hydrogen-bond donors (Lipinski definition) is 0. The van der Waals surface area contributed by atoms with Crippen LogP contribution in [0.3, 0.4) is 0 Å². The molecule has 0 spiro atoms. The second-order valence-electron chi connectivity index (χ2n) is 4.57. The molecule has 2 nitrogen and oxygen atoms in total. The van der Waals surface area contributed by atoms with E-state index >= 15 is 0 Å². The maximum absolute atomic E-state index is 14.0. The first-order valence-corrected chi connectivity index (χ1v) is 6.29. The van der Waals surface area contributed by atoms with Crippen molar-refractivity contribution in [2.75, 3.05) is 14.2 Å². The van der Waals surface area contributed by atoms with E-state index in [4.69, 9.17) is 9.47 Å². The molecule has 0 aliphatic rings. The molecule has 0 aliphatic heterocycles.